The van der Waals surface area contributed by atoms with Crippen LogP contribution in [0.25, 0.3) is 0 Å². The number of halogens is 1. The predicted octanol–water partition coefficient (Wildman–Crippen LogP) is 5.79. The van der Waals surface area contributed by atoms with Crippen LogP contribution >= 0.6 is 12.4 Å². The van der Waals surface area contributed by atoms with Crippen molar-refractivity contribution in [2.24, 2.45) is 0 Å². The third-order valence-electron chi connectivity index (χ3n) is 4.96. The van der Waals surface area contributed by atoms with Gasteiger partial charge in [0.1, 0.15) is 5.75 Å². The molecule has 1 aliphatic rings. The second-order valence-electron chi connectivity index (χ2n) is 9.22. The molecule has 0 amide bonds. The molecule has 0 saturated carbocycles. The number of phenols is 1. The zero-order valence-electron chi connectivity index (χ0n) is 16.4. The molecular formula is C21H36ClNO. The topological polar surface area (TPSA) is 23.5 Å². The van der Waals surface area contributed by atoms with Crippen LogP contribution in [0.3, 0.4) is 0 Å². The number of likely N-dealkylation sites (tertiary alicyclic amines) is 1. The van der Waals surface area contributed by atoms with E-state index in [0.29, 0.717) is 5.75 Å². The minimum atomic E-state index is -0.0428. The van der Waals surface area contributed by atoms with Gasteiger partial charge in [-0.3, -0.25) is 4.90 Å². The van der Waals surface area contributed by atoms with E-state index in [1.54, 1.807) is 0 Å². The van der Waals surface area contributed by atoms with E-state index in [-0.39, 0.29) is 23.2 Å². The summed E-state index contributed by atoms with van der Waals surface area (Å²) in [6, 6.07) is 4.44. The minimum Gasteiger partial charge on any atom is -0.507 e. The normalized spacial score (nSPS) is 17.2. The first-order valence-electron chi connectivity index (χ1n) is 9.18. The number of rotatable bonds is 2. The Kier molecular flexibility index (Phi) is 7.19. The second kappa shape index (κ2) is 8.10. The van der Waals surface area contributed by atoms with Crippen molar-refractivity contribution in [1.29, 1.82) is 0 Å². The fourth-order valence-electron chi connectivity index (χ4n) is 3.36. The molecule has 0 atom stereocenters. The Morgan fingerprint density at radius 1 is 0.875 bits per heavy atom. The average molecular weight is 354 g/mol. The molecule has 0 radical (unpaired) electrons. The summed E-state index contributed by atoms with van der Waals surface area (Å²) in [5.74, 6) is 0.509. The van der Waals surface area contributed by atoms with E-state index in [4.69, 9.17) is 0 Å². The van der Waals surface area contributed by atoms with Crippen LogP contribution in [0, 0.1) is 0 Å². The van der Waals surface area contributed by atoms with Gasteiger partial charge in [0, 0.05) is 12.1 Å². The molecule has 0 spiro atoms. The molecule has 1 aliphatic heterocycles. The van der Waals surface area contributed by atoms with Gasteiger partial charge in [-0.2, -0.15) is 0 Å². The zero-order chi connectivity index (χ0) is 17.3. The van der Waals surface area contributed by atoms with Crippen molar-refractivity contribution in [3.63, 3.8) is 0 Å². The van der Waals surface area contributed by atoms with Gasteiger partial charge in [0.05, 0.1) is 0 Å². The number of phenolic OH excluding ortho intramolecular Hbond substituents is 1. The third kappa shape index (κ3) is 5.39. The first kappa shape index (κ1) is 21.3. The summed E-state index contributed by atoms with van der Waals surface area (Å²) in [7, 11) is 0. The SMILES string of the molecule is CC(C)(C)c1cc(CN2CCCCCC2)c(O)c(C(C)(C)C)c1.Cl. The summed E-state index contributed by atoms with van der Waals surface area (Å²) < 4.78 is 0. The molecule has 1 aromatic rings. The monoisotopic (exact) mass is 353 g/mol. The Labute approximate surface area is 155 Å². The molecular weight excluding hydrogens is 318 g/mol. The highest BCUT2D eigenvalue weighted by atomic mass is 35.5. The number of hydrogen-bond donors (Lipinski definition) is 1. The minimum absolute atomic E-state index is 0. The summed E-state index contributed by atoms with van der Waals surface area (Å²) >= 11 is 0. The number of benzene rings is 1. The van der Waals surface area contributed by atoms with Gasteiger partial charge in [0.15, 0.2) is 0 Å². The summed E-state index contributed by atoms with van der Waals surface area (Å²) in [4.78, 5) is 2.51. The lowest BCUT2D eigenvalue weighted by atomic mass is 9.79. The molecule has 1 saturated heterocycles. The van der Waals surface area contributed by atoms with Crippen LogP contribution in [0.15, 0.2) is 12.1 Å². The lowest BCUT2D eigenvalue weighted by Crippen LogP contribution is -2.25. The smallest absolute Gasteiger partial charge is 0.123 e. The Hall–Kier alpha value is -0.730. The molecule has 0 bridgehead atoms. The van der Waals surface area contributed by atoms with Crippen LogP contribution in [0.4, 0.5) is 0 Å². The lowest BCUT2D eigenvalue weighted by molar-refractivity contribution is 0.272. The van der Waals surface area contributed by atoms with Crippen LogP contribution in [-0.4, -0.2) is 23.1 Å². The van der Waals surface area contributed by atoms with E-state index in [1.165, 1.54) is 31.2 Å². The Balaban J connectivity index is 0.00000288. The summed E-state index contributed by atoms with van der Waals surface area (Å²) in [5.41, 5.74) is 3.56. The third-order valence-corrected chi connectivity index (χ3v) is 4.96. The summed E-state index contributed by atoms with van der Waals surface area (Å²) in [6.45, 7) is 16.5. The van der Waals surface area contributed by atoms with E-state index >= 15 is 0 Å². The molecule has 2 rings (SSSR count). The fourth-order valence-corrected chi connectivity index (χ4v) is 3.36. The highest BCUT2D eigenvalue weighted by molar-refractivity contribution is 5.85. The molecule has 0 unspecified atom stereocenters. The van der Waals surface area contributed by atoms with Crippen LogP contribution in [-0.2, 0) is 17.4 Å². The quantitative estimate of drug-likeness (QED) is 0.727. The van der Waals surface area contributed by atoms with Crippen molar-refractivity contribution in [3.05, 3.63) is 28.8 Å². The highest BCUT2D eigenvalue weighted by Crippen LogP contribution is 2.38. The Morgan fingerprint density at radius 3 is 1.88 bits per heavy atom. The molecule has 2 nitrogen and oxygen atoms in total. The van der Waals surface area contributed by atoms with Crippen LogP contribution in [0.5, 0.6) is 5.75 Å². The summed E-state index contributed by atoms with van der Waals surface area (Å²) in [5, 5.41) is 10.9. The van der Waals surface area contributed by atoms with Crippen LogP contribution in [0.1, 0.15) is 83.9 Å². The van der Waals surface area contributed by atoms with Gasteiger partial charge in [0.25, 0.3) is 0 Å². The van der Waals surface area contributed by atoms with Gasteiger partial charge in [-0.05, 0) is 47.9 Å². The fraction of sp³-hybridized carbons (Fsp3) is 0.714. The maximum atomic E-state index is 10.9. The van der Waals surface area contributed by atoms with E-state index < -0.39 is 0 Å². The van der Waals surface area contributed by atoms with E-state index in [1.807, 2.05) is 0 Å². The van der Waals surface area contributed by atoms with Crippen molar-refractivity contribution >= 4 is 12.4 Å². The van der Waals surface area contributed by atoms with Gasteiger partial charge in [-0.15, -0.1) is 12.4 Å². The van der Waals surface area contributed by atoms with Crippen molar-refractivity contribution < 1.29 is 5.11 Å². The molecule has 3 heteroatoms. The van der Waals surface area contributed by atoms with Gasteiger partial charge in [-0.25, -0.2) is 0 Å². The largest absolute Gasteiger partial charge is 0.507 e. The number of aromatic hydroxyl groups is 1. The maximum Gasteiger partial charge on any atom is 0.123 e. The van der Waals surface area contributed by atoms with E-state index in [9.17, 15) is 5.11 Å². The molecule has 1 heterocycles. The van der Waals surface area contributed by atoms with Gasteiger partial charge in [0.2, 0.25) is 0 Å². The average Bonchev–Trinajstić information content (AvgIpc) is 2.67. The van der Waals surface area contributed by atoms with Crippen molar-refractivity contribution in [2.45, 2.75) is 84.6 Å². The van der Waals surface area contributed by atoms with Crippen LogP contribution in [0.2, 0.25) is 0 Å². The molecule has 0 aromatic heterocycles. The number of nitrogens with zero attached hydrogens (tertiary/aromatic N) is 1. The second-order valence-corrected chi connectivity index (χ2v) is 9.22. The molecule has 24 heavy (non-hydrogen) atoms. The van der Waals surface area contributed by atoms with E-state index in [2.05, 4.69) is 58.6 Å². The Morgan fingerprint density at radius 2 is 1.42 bits per heavy atom. The highest BCUT2D eigenvalue weighted by Gasteiger charge is 2.25. The molecule has 138 valence electrons. The maximum absolute atomic E-state index is 10.9. The molecule has 1 aromatic carbocycles. The molecule has 1 fully saturated rings. The lowest BCUT2D eigenvalue weighted by Gasteiger charge is -2.29. The molecule has 1 N–H and O–H groups in total. The van der Waals surface area contributed by atoms with Gasteiger partial charge in [-0.1, -0.05) is 66.5 Å². The zero-order valence-corrected chi connectivity index (χ0v) is 17.2. The number of hydrogen-bond acceptors (Lipinski definition) is 2. The van der Waals surface area contributed by atoms with E-state index in [0.717, 1.165) is 30.8 Å². The molecule has 0 aliphatic carbocycles. The predicted molar refractivity (Wildman–Crippen MR) is 106 cm³/mol. The van der Waals surface area contributed by atoms with Crippen molar-refractivity contribution in [3.8, 4) is 5.75 Å². The standard InChI is InChI=1S/C21H35NO.ClH/c1-20(2,3)17-13-16(15-22-11-9-7-8-10-12-22)19(23)18(14-17)21(4,5)6;/h13-14,23H,7-12,15H2,1-6H3;1H. The first-order valence-corrected chi connectivity index (χ1v) is 9.18. The Bertz CT molecular complexity index is 532. The van der Waals surface area contributed by atoms with Gasteiger partial charge < -0.3 is 5.11 Å². The first-order chi connectivity index (χ1) is 10.6. The van der Waals surface area contributed by atoms with Crippen molar-refractivity contribution in [2.75, 3.05) is 13.1 Å². The summed E-state index contributed by atoms with van der Waals surface area (Å²) in [6.07, 6.45) is 5.26. The van der Waals surface area contributed by atoms with Gasteiger partial charge >= 0.3 is 0 Å². The van der Waals surface area contributed by atoms with Crippen LogP contribution < -0.4 is 0 Å². The van der Waals surface area contributed by atoms with Crippen molar-refractivity contribution in [1.82, 2.24) is 4.90 Å².